The summed E-state index contributed by atoms with van der Waals surface area (Å²) >= 11 is 1.93. The van der Waals surface area contributed by atoms with E-state index >= 15 is 0 Å². The van der Waals surface area contributed by atoms with Gasteiger partial charge in [0.1, 0.15) is 5.03 Å². The van der Waals surface area contributed by atoms with Crippen molar-refractivity contribution in [2.24, 2.45) is 0 Å². The first kappa shape index (κ1) is 15.8. The first-order chi connectivity index (χ1) is 10.7. The summed E-state index contributed by atoms with van der Waals surface area (Å²) < 4.78 is 0. The second-order valence-corrected chi connectivity index (χ2v) is 7.65. The molecule has 3 heteroatoms. The predicted molar refractivity (Wildman–Crippen MR) is 96.8 cm³/mol. The van der Waals surface area contributed by atoms with E-state index in [1.54, 1.807) is 0 Å². The first-order valence-corrected chi connectivity index (χ1v) is 9.40. The van der Waals surface area contributed by atoms with Crippen molar-refractivity contribution in [3.63, 3.8) is 0 Å². The van der Waals surface area contributed by atoms with Gasteiger partial charge in [-0.1, -0.05) is 37.5 Å². The minimum atomic E-state index is 0.715. The second kappa shape index (κ2) is 7.47. The van der Waals surface area contributed by atoms with E-state index in [2.05, 4.69) is 49.3 Å². The normalized spacial score (nSPS) is 16.5. The third-order valence-corrected chi connectivity index (χ3v) is 5.53. The number of para-hydroxylation sites is 1. The Bertz CT molecular complexity index is 618. The van der Waals surface area contributed by atoms with Crippen LogP contribution in [0, 0.1) is 0 Å². The van der Waals surface area contributed by atoms with E-state index in [1.165, 1.54) is 48.1 Å². The van der Waals surface area contributed by atoms with Gasteiger partial charge < -0.3 is 4.90 Å². The fraction of sp³-hybridized carbons (Fsp3) is 0.526. The van der Waals surface area contributed by atoms with Crippen LogP contribution in [0.3, 0.4) is 0 Å². The molecule has 0 N–H and O–H groups in total. The molecule has 0 bridgehead atoms. The van der Waals surface area contributed by atoms with Crippen molar-refractivity contribution in [2.45, 2.75) is 43.0 Å². The number of thioether (sulfide) groups is 1. The number of aromatic nitrogens is 1. The maximum atomic E-state index is 4.99. The highest BCUT2D eigenvalue weighted by atomic mass is 32.2. The molecule has 0 radical (unpaired) electrons. The molecule has 2 aromatic rings. The van der Waals surface area contributed by atoms with Crippen LogP contribution in [0.1, 0.15) is 43.6 Å². The van der Waals surface area contributed by atoms with Crippen LogP contribution in [-0.2, 0) is 0 Å². The van der Waals surface area contributed by atoms with Crippen molar-refractivity contribution in [3.8, 4) is 0 Å². The van der Waals surface area contributed by atoms with Gasteiger partial charge in [0.25, 0.3) is 0 Å². The average molecular weight is 314 g/mol. The molecule has 0 spiro atoms. The van der Waals surface area contributed by atoms with Crippen LogP contribution in [-0.4, -0.2) is 36.3 Å². The molecule has 1 aliphatic rings. The Kier molecular flexibility index (Phi) is 5.37. The van der Waals surface area contributed by atoms with Crippen molar-refractivity contribution in [1.82, 2.24) is 9.88 Å². The van der Waals surface area contributed by atoms with Crippen molar-refractivity contribution in [3.05, 3.63) is 35.9 Å². The van der Waals surface area contributed by atoms with E-state index in [0.717, 1.165) is 17.8 Å². The minimum Gasteiger partial charge on any atom is -0.309 e. The van der Waals surface area contributed by atoms with Crippen LogP contribution in [0.15, 0.2) is 35.4 Å². The number of nitrogens with zero attached hydrogens (tertiary/aromatic N) is 2. The number of hydrogen-bond acceptors (Lipinski definition) is 3. The van der Waals surface area contributed by atoms with Gasteiger partial charge in [-0.2, -0.15) is 0 Å². The fourth-order valence-corrected chi connectivity index (χ4v) is 4.47. The largest absolute Gasteiger partial charge is 0.309 e. The minimum absolute atomic E-state index is 0.715. The lowest BCUT2D eigenvalue weighted by Gasteiger charge is -2.24. The summed E-state index contributed by atoms with van der Waals surface area (Å²) in [5, 5.41) is 2.56. The Morgan fingerprint density at radius 2 is 1.91 bits per heavy atom. The molecule has 1 fully saturated rings. The summed E-state index contributed by atoms with van der Waals surface area (Å²) in [5.74, 6) is 1.82. The molecule has 1 aliphatic carbocycles. The van der Waals surface area contributed by atoms with Gasteiger partial charge in [0.05, 0.1) is 5.52 Å². The van der Waals surface area contributed by atoms with Crippen LogP contribution in [0.2, 0.25) is 0 Å². The lowest BCUT2D eigenvalue weighted by molar-refractivity contribution is 0.435. The van der Waals surface area contributed by atoms with Crippen molar-refractivity contribution in [2.75, 3.05) is 26.4 Å². The van der Waals surface area contributed by atoms with Gasteiger partial charge in [0.2, 0.25) is 0 Å². The number of pyridine rings is 1. The van der Waals surface area contributed by atoms with Gasteiger partial charge in [-0.3, -0.25) is 0 Å². The van der Waals surface area contributed by atoms with E-state index in [9.17, 15) is 0 Å². The summed E-state index contributed by atoms with van der Waals surface area (Å²) in [5.41, 5.74) is 2.64. The summed E-state index contributed by atoms with van der Waals surface area (Å²) in [6, 6.07) is 11.0. The topological polar surface area (TPSA) is 16.1 Å². The standard InChI is InChI=1S/C19H26N2S/c1-21(2)12-13-22-19-17(15-8-4-3-5-9-15)14-16-10-6-7-11-18(16)20-19/h6-7,10-11,14-15H,3-5,8-9,12-13H2,1-2H3. The number of fused-ring (bicyclic) bond motifs is 1. The quantitative estimate of drug-likeness (QED) is 0.727. The van der Waals surface area contributed by atoms with Crippen LogP contribution >= 0.6 is 11.8 Å². The molecule has 118 valence electrons. The number of benzene rings is 1. The number of rotatable bonds is 5. The molecule has 0 unspecified atom stereocenters. The average Bonchev–Trinajstić information content (AvgIpc) is 2.54. The molecule has 1 aromatic carbocycles. The van der Waals surface area contributed by atoms with Gasteiger partial charge in [0.15, 0.2) is 0 Å². The molecule has 0 amide bonds. The lowest BCUT2D eigenvalue weighted by atomic mass is 9.84. The van der Waals surface area contributed by atoms with Crippen LogP contribution in [0.4, 0.5) is 0 Å². The maximum Gasteiger partial charge on any atom is 0.100 e. The second-order valence-electron chi connectivity index (χ2n) is 6.56. The van der Waals surface area contributed by atoms with Gasteiger partial charge >= 0.3 is 0 Å². The lowest BCUT2D eigenvalue weighted by Crippen LogP contribution is -2.15. The highest BCUT2D eigenvalue weighted by Gasteiger charge is 2.20. The maximum absolute atomic E-state index is 4.99. The molecule has 1 saturated carbocycles. The van der Waals surface area contributed by atoms with E-state index in [-0.39, 0.29) is 0 Å². The Labute approximate surface area is 138 Å². The third kappa shape index (κ3) is 3.82. The predicted octanol–water partition coefficient (Wildman–Crippen LogP) is 4.94. The molecular weight excluding hydrogens is 288 g/mol. The smallest absolute Gasteiger partial charge is 0.100 e. The van der Waals surface area contributed by atoms with Crippen LogP contribution < -0.4 is 0 Å². The monoisotopic (exact) mass is 314 g/mol. The third-order valence-electron chi connectivity index (χ3n) is 4.54. The van der Waals surface area contributed by atoms with Crippen molar-refractivity contribution >= 4 is 22.7 Å². The Morgan fingerprint density at radius 3 is 2.68 bits per heavy atom. The molecule has 0 atom stereocenters. The molecule has 0 aliphatic heterocycles. The summed E-state index contributed by atoms with van der Waals surface area (Å²) in [6.07, 6.45) is 6.82. The number of hydrogen-bond donors (Lipinski definition) is 0. The van der Waals surface area contributed by atoms with E-state index in [4.69, 9.17) is 4.98 Å². The zero-order valence-electron chi connectivity index (χ0n) is 13.7. The highest BCUT2D eigenvalue weighted by Crippen LogP contribution is 2.38. The summed E-state index contributed by atoms with van der Waals surface area (Å²) in [4.78, 5) is 7.24. The van der Waals surface area contributed by atoms with Gasteiger partial charge in [0, 0.05) is 17.7 Å². The summed E-state index contributed by atoms with van der Waals surface area (Å²) in [7, 11) is 4.27. The van der Waals surface area contributed by atoms with Crippen molar-refractivity contribution < 1.29 is 0 Å². The zero-order valence-corrected chi connectivity index (χ0v) is 14.5. The van der Waals surface area contributed by atoms with E-state index < -0.39 is 0 Å². The fourth-order valence-electron chi connectivity index (χ4n) is 3.26. The van der Waals surface area contributed by atoms with Gasteiger partial charge in [-0.25, -0.2) is 4.98 Å². The van der Waals surface area contributed by atoms with Crippen molar-refractivity contribution in [1.29, 1.82) is 0 Å². The first-order valence-electron chi connectivity index (χ1n) is 8.41. The van der Waals surface area contributed by atoms with Crippen LogP contribution in [0.5, 0.6) is 0 Å². The molecule has 0 saturated heterocycles. The Balaban J connectivity index is 1.90. The van der Waals surface area contributed by atoms with Crippen LogP contribution in [0.25, 0.3) is 10.9 Å². The highest BCUT2D eigenvalue weighted by molar-refractivity contribution is 7.99. The molecule has 1 aromatic heterocycles. The molecule has 3 rings (SSSR count). The van der Waals surface area contributed by atoms with E-state index in [0.29, 0.717) is 5.92 Å². The molecular formula is C19H26N2S. The summed E-state index contributed by atoms with van der Waals surface area (Å²) in [6.45, 7) is 1.10. The molecule has 22 heavy (non-hydrogen) atoms. The zero-order chi connectivity index (χ0) is 15.4. The Morgan fingerprint density at radius 1 is 1.14 bits per heavy atom. The SMILES string of the molecule is CN(C)CCSc1nc2ccccc2cc1C1CCCCC1. The molecule has 1 heterocycles. The van der Waals surface area contributed by atoms with E-state index in [1.807, 2.05) is 11.8 Å². The molecule has 2 nitrogen and oxygen atoms in total. The Hall–Kier alpha value is -1.06. The van der Waals surface area contributed by atoms with Gasteiger partial charge in [-0.15, -0.1) is 11.8 Å². The van der Waals surface area contributed by atoms with Gasteiger partial charge in [-0.05, 0) is 50.6 Å².